The molecule has 0 aliphatic rings. The van der Waals surface area contributed by atoms with Crippen LogP contribution in [0.2, 0.25) is 5.02 Å². The molecule has 0 fully saturated rings. The average Bonchev–Trinajstić information content (AvgIpc) is 2.89. The minimum atomic E-state index is -4.18. The van der Waals surface area contributed by atoms with Crippen LogP contribution in [-0.2, 0) is 26.2 Å². The Kier molecular flexibility index (Phi) is 9.88. The van der Waals surface area contributed by atoms with Gasteiger partial charge < -0.3 is 10.2 Å². The molecule has 3 aromatic rings. The first-order valence-electron chi connectivity index (χ1n) is 12.2. The van der Waals surface area contributed by atoms with E-state index >= 15 is 0 Å². The Hall–Kier alpha value is -3.43. The molecule has 7 nitrogen and oxygen atoms in total. The number of amides is 2. The fraction of sp³-hybridized carbons (Fsp3) is 0.286. The van der Waals surface area contributed by atoms with E-state index in [1.54, 1.807) is 25.1 Å². The van der Waals surface area contributed by atoms with Gasteiger partial charge in [-0.15, -0.1) is 0 Å². The van der Waals surface area contributed by atoms with E-state index in [2.05, 4.69) is 5.32 Å². The van der Waals surface area contributed by atoms with Crippen LogP contribution in [0.15, 0.2) is 77.7 Å². The summed E-state index contributed by atoms with van der Waals surface area (Å²) in [5.41, 5.74) is 1.71. The fourth-order valence-corrected chi connectivity index (χ4v) is 5.34. The van der Waals surface area contributed by atoms with Gasteiger partial charge in [-0.1, -0.05) is 42.8 Å². The number of nitrogens with one attached hydrogen (secondary N) is 1. The van der Waals surface area contributed by atoms with Crippen LogP contribution in [0.5, 0.6) is 0 Å². The number of anilines is 1. The van der Waals surface area contributed by atoms with Gasteiger partial charge in [-0.3, -0.25) is 13.9 Å². The van der Waals surface area contributed by atoms with Gasteiger partial charge in [0, 0.05) is 18.1 Å². The molecular formula is C28H31ClFN3O4S. The standard InChI is InChI=1S/C28H31ClFN3O4S/c1-4-16-31-28(35)21(3)32(18-22-8-12-24(30)13-9-22)27(34)19-33(25-7-5-6-20(2)17-25)38(36,37)26-14-10-23(29)11-15-26/h5-15,17,21H,4,16,18-19H2,1-3H3,(H,31,35)/t21-/m0/s1. The Balaban J connectivity index is 2.01. The van der Waals surface area contributed by atoms with E-state index in [4.69, 9.17) is 11.6 Å². The van der Waals surface area contributed by atoms with Gasteiger partial charge in [-0.2, -0.15) is 0 Å². The molecule has 1 N–H and O–H groups in total. The Morgan fingerprint density at radius 2 is 1.68 bits per heavy atom. The molecule has 0 aromatic heterocycles. The first-order chi connectivity index (χ1) is 18.0. The minimum absolute atomic E-state index is 0.0114. The molecule has 0 bridgehead atoms. The monoisotopic (exact) mass is 559 g/mol. The minimum Gasteiger partial charge on any atom is -0.354 e. The van der Waals surface area contributed by atoms with Crippen molar-refractivity contribution in [3.63, 3.8) is 0 Å². The third-order valence-electron chi connectivity index (χ3n) is 5.95. The Labute approximate surface area is 228 Å². The average molecular weight is 560 g/mol. The van der Waals surface area contributed by atoms with Gasteiger partial charge in [0.05, 0.1) is 10.6 Å². The fourth-order valence-electron chi connectivity index (χ4n) is 3.81. The summed E-state index contributed by atoms with van der Waals surface area (Å²) in [6.07, 6.45) is 0.713. The van der Waals surface area contributed by atoms with Gasteiger partial charge in [0.1, 0.15) is 18.4 Å². The van der Waals surface area contributed by atoms with Crippen LogP contribution in [0.1, 0.15) is 31.4 Å². The number of hydrogen-bond acceptors (Lipinski definition) is 4. The lowest BCUT2D eigenvalue weighted by Crippen LogP contribution is -2.51. The largest absolute Gasteiger partial charge is 0.354 e. The molecule has 0 heterocycles. The van der Waals surface area contributed by atoms with Gasteiger partial charge in [0.15, 0.2) is 0 Å². The highest BCUT2D eigenvalue weighted by atomic mass is 35.5. The topological polar surface area (TPSA) is 86.8 Å². The van der Waals surface area contributed by atoms with E-state index in [-0.39, 0.29) is 17.3 Å². The summed E-state index contributed by atoms with van der Waals surface area (Å²) in [5.74, 6) is -1.39. The second-order valence-corrected chi connectivity index (χ2v) is 11.2. The molecule has 0 unspecified atom stereocenters. The highest BCUT2D eigenvalue weighted by Gasteiger charge is 2.32. The molecule has 202 valence electrons. The van der Waals surface area contributed by atoms with Crippen molar-refractivity contribution in [2.75, 3.05) is 17.4 Å². The highest BCUT2D eigenvalue weighted by molar-refractivity contribution is 7.92. The van der Waals surface area contributed by atoms with Crippen molar-refractivity contribution < 1.29 is 22.4 Å². The van der Waals surface area contributed by atoms with Crippen LogP contribution in [0.3, 0.4) is 0 Å². The number of sulfonamides is 1. The molecule has 0 saturated heterocycles. The molecule has 38 heavy (non-hydrogen) atoms. The molecule has 3 aromatic carbocycles. The van der Waals surface area contributed by atoms with Gasteiger partial charge >= 0.3 is 0 Å². The van der Waals surface area contributed by atoms with Crippen LogP contribution in [0, 0.1) is 12.7 Å². The first-order valence-corrected chi connectivity index (χ1v) is 14.0. The quantitative estimate of drug-likeness (QED) is 0.361. The van der Waals surface area contributed by atoms with Crippen LogP contribution < -0.4 is 9.62 Å². The lowest BCUT2D eigenvalue weighted by atomic mass is 10.1. The summed E-state index contributed by atoms with van der Waals surface area (Å²) in [6, 6.07) is 17.2. The molecule has 0 aliphatic carbocycles. The molecule has 1 atom stereocenters. The number of carbonyl (C=O) groups is 2. The molecule has 0 radical (unpaired) electrons. The third kappa shape index (κ3) is 7.33. The van der Waals surface area contributed by atoms with Crippen molar-refractivity contribution in [2.45, 2.75) is 44.7 Å². The number of carbonyl (C=O) groups excluding carboxylic acids is 2. The number of nitrogens with zero attached hydrogens (tertiary/aromatic N) is 2. The van der Waals surface area contributed by atoms with E-state index in [1.807, 2.05) is 19.9 Å². The SMILES string of the molecule is CCCNC(=O)[C@H](C)N(Cc1ccc(F)cc1)C(=O)CN(c1cccc(C)c1)S(=O)(=O)c1ccc(Cl)cc1. The molecule has 0 saturated carbocycles. The van der Waals surface area contributed by atoms with Crippen molar-refractivity contribution in [1.29, 1.82) is 0 Å². The number of benzene rings is 3. The van der Waals surface area contributed by atoms with E-state index in [0.29, 0.717) is 29.2 Å². The third-order valence-corrected chi connectivity index (χ3v) is 7.99. The second kappa shape index (κ2) is 12.9. The first kappa shape index (κ1) is 29.1. The molecule has 2 amide bonds. The van der Waals surface area contributed by atoms with Crippen LogP contribution in [0.25, 0.3) is 0 Å². The summed E-state index contributed by atoms with van der Waals surface area (Å²) >= 11 is 5.96. The smallest absolute Gasteiger partial charge is 0.264 e. The molecular weight excluding hydrogens is 529 g/mol. The zero-order valence-electron chi connectivity index (χ0n) is 21.5. The van der Waals surface area contributed by atoms with E-state index in [9.17, 15) is 22.4 Å². The van der Waals surface area contributed by atoms with Crippen molar-refractivity contribution in [1.82, 2.24) is 10.2 Å². The second-order valence-electron chi connectivity index (χ2n) is 8.92. The maximum Gasteiger partial charge on any atom is 0.264 e. The van der Waals surface area contributed by atoms with E-state index in [0.717, 1.165) is 9.87 Å². The maximum atomic E-state index is 13.8. The number of halogens is 2. The zero-order chi connectivity index (χ0) is 27.9. The molecule has 0 aliphatic heterocycles. The molecule has 0 spiro atoms. The summed E-state index contributed by atoms with van der Waals surface area (Å²) in [4.78, 5) is 27.9. The van der Waals surface area contributed by atoms with Gasteiger partial charge in [0.25, 0.3) is 10.0 Å². The van der Waals surface area contributed by atoms with E-state index < -0.39 is 34.3 Å². The summed E-state index contributed by atoms with van der Waals surface area (Å²) in [5, 5.41) is 3.15. The zero-order valence-corrected chi connectivity index (χ0v) is 23.1. The van der Waals surface area contributed by atoms with Crippen LogP contribution in [0.4, 0.5) is 10.1 Å². The van der Waals surface area contributed by atoms with Gasteiger partial charge in [-0.25, -0.2) is 12.8 Å². The van der Waals surface area contributed by atoms with Gasteiger partial charge in [0.2, 0.25) is 11.8 Å². The maximum absolute atomic E-state index is 13.8. The predicted octanol–water partition coefficient (Wildman–Crippen LogP) is 4.93. The Bertz CT molecular complexity index is 1370. The molecule has 3 rings (SSSR count). The Morgan fingerprint density at radius 1 is 1.03 bits per heavy atom. The molecule has 10 heteroatoms. The summed E-state index contributed by atoms with van der Waals surface area (Å²) in [7, 11) is -4.18. The van der Waals surface area contributed by atoms with Crippen molar-refractivity contribution >= 4 is 39.1 Å². The van der Waals surface area contributed by atoms with Crippen molar-refractivity contribution in [3.05, 3.63) is 94.8 Å². The normalized spacial score (nSPS) is 12.0. The van der Waals surface area contributed by atoms with Gasteiger partial charge in [-0.05, 0) is 79.9 Å². The van der Waals surface area contributed by atoms with Crippen molar-refractivity contribution in [2.24, 2.45) is 0 Å². The van der Waals surface area contributed by atoms with Crippen molar-refractivity contribution in [3.8, 4) is 0 Å². The number of rotatable bonds is 11. The van der Waals surface area contributed by atoms with Crippen LogP contribution >= 0.6 is 11.6 Å². The lowest BCUT2D eigenvalue weighted by molar-refractivity contribution is -0.139. The highest BCUT2D eigenvalue weighted by Crippen LogP contribution is 2.26. The predicted molar refractivity (Wildman–Crippen MR) is 147 cm³/mol. The van der Waals surface area contributed by atoms with E-state index in [1.165, 1.54) is 53.4 Å². The Morgan fingerprint density at radius 3 is 2.29 bits per heavy atom. The van der Waals surface area contributed by atoms with Crippen LogP contribution in [-0.4, -0.2) is 44.3 Å². The summed E-state index contributed by atoms with van der Waals surface area (Å²) < 4.78 is 42.0. The number of hydrogen-bond donors (Lipinski definition) is 1. The summed E-state index contributed by atoms with van der Waals surface area (Å²) in [6.45, 7) is 5.18. The lowest BCUT2D eigenvalue weighted by Gasteiger charge is -2.32. The number of aryl methyl sites for hydroxylation is 1.